The summed E-state index contributed by atoms with van der Waals surface area (Å²) in [7, 11) is 1.61. The van der Waals surface area contributed by atoms with Gasteiger partial charge in [-0.3, -0.25) is 0 Å². The quantitative estimate of drug-likeness (QED) is 0.907. The van der Waals surface area contributed by atoms with Gasteiger partial charge in [0.1, 0.15) is 5.82 Å². The summed E-state index contributed by atoms with van der Waals surface area (Å²) in [5.41, 5.74) is 6.42. The van der Waals surface area contributed by atoms with Crippen molar-refractivity contribution >= 4 is 11.5 Å². The average molecular weight is 263 g/mol. The van der Waals surface area contributed by atoms with Crippen molar-refractivity contribution in [3.8, 4) is 5.88 Å². The first kappa shape index (κ1) is 14.0. The van der Waals surface area contributed by atoms with Crippen LogP contribution < -0.4 is 15.4 Å². The molecule has 1 unspecified atom stereocenters. The van der Waals surface area contributed by atoms with Crippen LogP contribution in [0.2, 0.25) is 0 Å². The molecule has 4 nitrogen and oxygen atoms in total. The van der Waals surface area contributed by atoms with Gasteiger partial charge in [-0.2, -0.15) is 4.98 Å². The Hall–Kier alpha value is -1.45. The number of hydrogen-bond acceptors (Lipinski definition) is 4. The zero-order valence-electron chi connectivity index (χ0n) is 12.1. The van der Waals surface area contributed by atoms with Crippen LogP contribution in [0.3, 0.4) is 0 Å². The maximum absolute atomic E-state index is 5.82. The van der Waals surface area contributed by atoms with Crippen LogP contribution in [-0.2, 0) is 0 Å². The Kier molecular flexibility index (Phi) is 4.88. The van der Waals surface area contributed by atoms with Crippen LogP contribution in [0, 0.1) is 5.92 Å². The number of hydrogen-bond donors (Lipinski definition) is 1. The molecule has 0 radical (unpaired) electrons. The minimum absolute atomic E-state index is 0.534. The van der Waals surface area contributed by atoms with Gasteiger partial charge >= 0.3 is 0 Å². The first-order chi connectivity index (χ1) is 9.24. The van der Waals surface area contributed by atoms with Crippen molar-refractivity contribution in [3.63, 3.8) is 0 Å². The Labute approximate surface area is 116 Å². The summed E-state index contributed by atoms with van der Waals surface area (Å²) < 4.78 is 5.20. The zero-order chi connectivity index (χ0) is 13.7. The van der Waals surface area contributed by atoms with Gasteiger partial charge in [0.2, 0.25) is 5.88 Å². The molecule has 4 heteroatoms. The summed E-state index contributed by atoms with van der Waals surface area (Å²) in [5.74, 6) is 2.40. The van der Waals surface area contributed by atoms with E-state index in [-0.39, 0.29) is 0 Å². The Bertz CT molecular complexity index is 408. The third-order valence-electron chi connectivity index (χ3n) is 3.94. The summed E-state index contributed by atoms with van der Waals surface area (Å²) in [4.78, 5) is 6.86. The van der Waals surface area contributed by atoms with Crippen LogP contribution in [0.5, 0.6) is 5.88 Å². The number of nitrogens with zero attached hydrogens (tertiary/aromatic N) is 2. The SMILES string of the molecule is CCCC1CCCN(c2ccc(N)c(OC)n2)CC1. The monoisotopic (exact) mass is 263 g/mol. The first-order valence-corrected chi connectivity index (χ1v) is 7.30. The van der Waals surface area contributed by atoms with E-state index in [1.165, 1.54) is 32.1 Å². The molecular formula is C15H25N3O. The van der Waals surface area contributed by atoms with Gasteiger partial charge in [0.05, 0.1) is 12.8 Å². The van der Waals surface area contributed by atoms with Gasteiger partial charge < -0.3 is 15.4 Å². The van der Waals surface area contributed by atoms with E-state index in [1.807, 2.05) is 12.1 Å². The predicted molar refractivity (Wildman–Crippen MR) is 79.7 cm³/mol. The fourth-order valence-corrected chi connectivity index (χ4v) is 2.87. The number of methoxy groups -OCH3 is 1. The lowest BCUT2D eigenvalue weighted by molar-refractivity contribution is 0.400. The zero-order valence-corrected chi connectivity index (χ0v) is 12.1. The summed E-state index contributed by atoms with van der Waals surface area (Å²) >= 11 is 0. The Morgan fingerprint density at radius 2 is 2.21 bits per heavy atom. The number of anilines is 2. The van der Waals surface area contributed by atoms with Crippen LogP contribution in [0.1, 0.15) is 39.0 Å². The lowest BCUT2D eigenvalue weighted by atomic mass is 9.96. The number of ether oxygens (including phenoxy) is 1. The van der Waals surface area contributed by atoms with E-state index in [1.54, 1.807) is 7.11 Å². The van der Waals surface area contributed by atoms with E-state index < -0.39 is 0 Å². The molecule has 1 aromatic heterocycles. The van der Waals surface area contributed by atoms with Crippen molar-refractivity contribution < 1.29 is 4.74 Å². The molecule has 1 atom stereocenters. The largest absolute Gasteiger partial charge is 0.479 e. The Morgan fingerprint density at radius 3 is 2.95 bits per heavy atom. The first-order valence-electron chi connectivity index (χ1n) is 7.30. The highest BCUT2D eigenvalue weighted by Gasteiger charge is 2.18. The third kappa shape index (κ3) is 3.52. The fourth-order valence-electron chi connectivity index (χ4n) is 2.87. The molecule has 0 bridgehead atoms. The minimum atomic E-state index is 0.534. The minimum Gasteiger partial charge on any atom is -0.479 e. The third-order valence-corrected chi connectivity index (χ3v) is 3.94. The van der Waals surface area contributed by atoms with Crippen molar-refractivity contribution in [2.24, 2.45) is 5.92 Å². The smallest absolute Gasteiger partial charge is 0.238 e. The van der Waals surface area contributed by atoms with Crippen LogP contribution in [-0.4, -0.2) is 25.2 Å². The number of nitrogens with two attached hydrogens (primary N) is 1. The topological polar surface area (TPSA) is 51.4 Å². The fraction of sp³-hybridized carbons (Fsp3) is 0.667. The number of nitrogen functional groups attached to an aromatic ring is 1. The number of pyridine rings is 1. The summed E-state index contributed by atoms with van der Waals surface area (Å²) in [6.07, 6.45) is 6.50. The second-order valence-electron chi connectivity index (χ2n) is 5.34. The van der Waals surface area contributed by atoms with Crippen LogP contribution in [0.4, 0.5) is 11.5 Å². The molecule has 106 valence electrons. The van der Waals surface area contributed by atoms with Crippen LogP contribution in [0.25, 0.3) is 0 Å². The van der Waals surface area contributed by atoms with Gasteiger partial charge in [-0.05, 0) is 37.3 Å². The molecule has 19 heavy (non-hydrogen) atoms. The van der Waals surface area contributed by atoms with Crippen molar-refractivity contribution in [1.29, 1.82) is 0 Å². The Balaban J connectivity index is 2.05. The van der Waals surface area contributed by atoms with Crippen molar-refractivity contribution in [2.75, 3.05) is 30.8 Å². The maximum atomic E-state index is 5.82. The highest BCUT2D eigenvalue weighted by Crippen LogP contribution is 2.27. The summed E-state index contributed by atoms with van der Waals surface area (Å²) in [5, 5.41) is 0. The van der Waals surface area contributed by atoms with Crippen LogP contribution >= 0.6 is 0 Å². The van der Waals surface area contributed by atoms with Crippen molar-refractivity contribution in [3.05, 3.63) is 12.1 Å². The highest BCUT2D eigenvalue weighted by molar-refractivity contribution is 5.54. The molecule has 1 saturated heterocycles. The molecule has 1 fully saturated rings. The van der Waals surface area contributed by atoms with Gasteiger partial charge in [0.25, 0.3) is 0 Å². The molecular weight excluding hydrogens is 238 g/mol. The van der Waals surface area contributed by atoms with Crippen molar-refractivity contribution in [1.82, 2.24) is 4.98 Å². The molecule has 0 spiro atoms. The van der Waals surface area contributed by atoms with Gasteiger partial charge in [-0.15, -0.1) is 0 Å². The van der Waals surface area contributed by atoms with Gasteiger partial charge in [0.15, 0.2) is 0 Å². The lowest BCUT2D eigenvalue weighted by Crippen LogP contribution is -2.25. The normalized spacial score (nSPS) is 20.1. The van der Waals surface area contributed by atoms with E-state index >= 15 is 0 Å². The molecule has 1 aliphatic heterocycles. The van der Waals surface area contributed by atoms with E-state index in [4.69, 9.17) is 10.5 Å². The summed E-state index contributed by atoms with van der Waals surface area (Å²) in [6.45, 7) is 4.44. The molecule has 2 heterocycles. The van der Waals surface area contributed by atoms with Gasteiger partial charge in [0, 0.05) is 13.1 Å². The van der Waals surface area contributed by atoms with Gasteiger partial charge in [-0.25, -0.2) is 0 Å². The molecule has 0 aliphatic carbocycles. The maximum Gasteiger partial charge on any atom is 0.238 e. The highest BCUT2D eigenvalue weighted by atomic mass is 16.5. The molecule has 1 aliphatic rings. The molecule has 0 saturated carbocycles. The van der Waals surface area contributed by atoms with E-state index in [0.29, 0.717) is 11.6 Å². The van der Waals surface area contributed by atoms with Crippen LogP contribution in [0.15, 0.2) is 12.1 Å². The molecule has 0 amide bonds. The van der Waals surface area contributed by atoms with Crippen molar-refractivity contribution in [2.45, 2.75) is 39.0 Å². The predicted octanol–water partition coefficient (Wildman–Crippen LogP) is 3.08. The Morgan fingerprint density at radius 1 is 1.37 bits per heavy atom. The molecule has 1 aromatic rings. The molecule has 2 N–H and O–H groups in total. The van der Waals surface area contributed by atoms with Gasteiger partial charge in [-0.1, -0.05) is 19.8 Å². The van der Waals surface area contributed by atoms with E-state index in [2.05, 4.69) is 16.8 Å². The number of rotatable bonds is 4. The van der Waals surface area contributed by atoms with E-state index in [9.17, 15) is 0 Å². The molecule has 2 rings (SSSR count). The van der Waals surface area contributed by atoms with E-state index in [0.717, 1.165) is 24.8 Å². The second-order valence-corrected chi connectivity index (χ2v) is 5.34. The lowest BCUT2D eigenvalue weighted by Gasteiger charge is -2.22. The number of aromatic nitrogens is 1. The standard InChI is InChI=1S/C15H25N3O/c1-3-5-12-6-4-10-18(11-9-12)14-8-7-13(16)15(17-14)19-2/h7-8,12H,3-6,9-11,16H2,1-2H3. The average Bonchev–Trinajstić information content (AvgIpc) is 2.66. The molecule has 0 aromatic carbocycles. The second kappa shape index (κ2) is 6.64. The summed E-state index contributed by atoms with van der Waals surface area (Å²) in [6, 6.07) is 3.88.